The van der Waals surface area contributed by atoms with E-state index in [9.17, 15) is 4.21 Å². The van der Waals surface area contributed by atoms with Crippen LogP contribution in [0, 0.1) is 6.92 Å². The summed E-state index contributed by atoms with van der Waals surface area (Å²) in [6, 6.07) is 1.96. The van der Waals surface area contributed by atoms with Crippen LogP contribution in [0.25, 0.3) is 0 Å². The molecule has 0 bridgehead atoms. The van der Waals surface area contributed by atoms with Crippen LogP contribution in [0.3, 0.4) is 0 Å². The Hall–Kier alpha value is -0.900. The molecule has 0 aromatic carbocycles. The van der Waals surface area contributed by atoms with Gasteiger partial charge >= 0.3 is 0 Å². The van der Waals surface area contributed by atoms with Gasteiger partial charge in [-0.3, -0.25) is 9.19 Å². The van der Waals surface area contributed by atoms with E-state index in [1.54, 1.807) is 12.5 Å². The summed E-state index contributed by atoms with van der Waals surface area (Å²) in [6.45, 7) is 2.89. The summed E-state index contributed by atoms with van der Waals surface area (Å²) in [5.41, 5.74) is 2.26. The van der Waals surface area contributed by atoms with Gasteiger partial charge in [0.1, 0.15) is 0 Å². The molecule has 1 aromatic rings. The van der Waals surface area contributed by atoms with Crippen molar-refractivity contribution in [3.05, 3.63) is 24.0 Å². The largest absolute Gasteiger partial charge is 0.385 e. The van der Waals surface area contributed by atoms with Crippen molar-refractivity contribution in [2.75, 3.05) is 23.9 Å². The fourth-order valence-corrected chi connectivity index (χ4v) is 1.72. The van der Waals surface area contributed by atoms with Crippen LogP contribution in [-0.2, 0) is 10.8 Å². The van der Waals surface area contributed by atoms with E-state index in [4.69, 9.17) is 0 Å². The van der Waals surface area contributed by atoms with Gasteiger partial charge in [-0.2, -0.15) is 0 Å². The number of hydrogen-bond donors (Lipinski definition) is 1. The summed E-state index contributed by atoms with van der Waals surface area (Å²) in [6.07, 6.45) is 6.27. The minimum atomic E-state index is -0.681. The number of aryl methyl sites for hydroxylation is 1. The van der Waals surface area contributed by atoms with Gasteiger partial charge in [0.25, 0.3) is 0 Å². The second-order valence-corrected chi connectivity index (χ2v) is 4.80. The normalized spacial score (nSPS) is 12.4. The molecule has 0 saturated heterocycles. The molecule has 1 unspecified atom stereocenters. The van der Waals surface area contributed by atoms with Crippen molar-refractivity contribution in [2.45, 2.75) is 13.3 Å². The molecule has 0 amide bonds. The van der Waals surface area contributed by atoms with E-state index in [2.05, 4.69) is 10.3 Å². The molecular formula is C10H16N2OS. The fraction of sp³-hybridized carbons (Fsp3) is 0.500. The molecule has 0 saturated carbocycles. The average Bonchev–Trinajstić information content (AvgIpc) is 2.15. The molecule has 0 aliphatic rings. The first kappa shape index (κ1) is 11.2. The first-order valence-electron chi connectivity index (χ1n) is 4.64. The highest BCUT2D eigenvalue weighted by Crippen LogP contribution is 2.10. The Labute approximate surface area is 87.4 Å². The minimum Gasteiger partial charge on any atom is -0.385 e. The SMILES string of the molecule is Cc1cnccc1NCCCS(C)=O. The molecule has 1 aromatic heterocycles. The number of hydrogen-bond acceptors (Lipinski definition) is 3. The van der Waals surface area contributed by atoms with Gasteiger partial charge < -0.3 is 5.32 Å². The summed E-state index contributed by atoms with van der Waals surface area (Å²) in [4.78, 5) is 4.01. The quantitative estimate of drug-likeness (QED) is 0.753. The van der Waals surface area contributed by atoms with Crippen LogP contribution in [-0.4, -0.2) is 27.7 Å². The molecule has 78 valence electrons. The van der Waals surface area contributed by atoms with Gasteiger partial charge in [0.2, 0.25) is 0 Å². The molecule has 1 N–H and O–H groups in total. The molecule has 0 fully saturated rings. The monoisotopic (exact) mass is 212 g/mol. The van der Waals surface area contributed by atoms with Crippen LogP contribution in [0.1, 0.15) is 12.0 Å². The molecule has 14 heavy (non-hydrogen) atoms. The summed E-state index contributed by atoms with van der Waals surface area (Å²) in [5.74, 6) is 0.761. The molecule has 0 radical (unpaired) electrons. The van der Waals surface area contributed by atoms with Crippen LogP contribution in [0.2, 0.25) is 0 Å². The maximum atomic E-state index is 10.8. The first-order chi connectivity index (χ1) is 6.70. The predicted octanol–water partition coefficient (Wildman–Crippen LogP) is 1.57. The Balaban J connectivity index is 2.31. The number of anilines is 1. The summed E-state index contributed by atoms with van der Waals surface area (Å²) >= 11 is 0. The molecule has 0 aliphatic carbocycles. The highest BCUT2D eigenvalue weighted by Gasteiger charge is 1.96. The first-order valence-corrected chi connectivity index (χ1v) is 6.37. The Kier molecular flexibility index (Phi) is 4.59. The lowest BCUT2D eigenvalue weighted by Crippen LogP contribution is -2.06. The van der Waals surface area contributed by atoms with Crippen LogP contribution in [0.4, 0.5) is 5.69 Å². The van der Waals surface area contributed by atoms with Gasteiger partial charge in [0, 0.05) is 47.4 Å². The lowest BCUT2D eigenvalue weighted by atomic mass is 10.2. The van der Waals surface area contributed by atoms with Gasteiger partial charge in [-0.1, -0.05) is 0 Å². The van der Waals surface area contributed by atoms with Gasteiger partial charge in [-0.05, 0) is 25.0 Å². The van der Waals surface area contributed by atoms with Crippen LogP contribution >= 0.6 is 0 Å². The highest BCUT2D eigenvalue weighted by atomic mass is 32.2. The third kappa shape index (κ3) is 3.87. The lowest BCUT2D eigenvalue weighted by Gasteiger charge is -2.07. The van der Waals surface area contributed by atoms with Crippen LogP contribution < -0.4 is 5.32 Å². The van der Waals surface area contributed by atoms with Gasteiger partial charge in [-0.25, -0.2) is 0 Å². The number of pyridine rings is 1. The number of nitrogens with one attached hydrogen (secondary N) is 1. The van der Waals surface area contributed by atoms with E-state index >= 15 is 0 Å². The van der Waals surface area contributed by atoms with Crippen LogP contribution in [0.5, 0.6) is 0 Å². The standard InChI is InChI=1S/C10H16N2OS/c1-9-8-11-6-4-10(9)12-5-3-7-14(2)13/h4,6,8H,3,5,7H2,1-2H3,(H,11,12). The zero-order valence-electron chi connectivity index (χ0n) is 8.62. The van der Waals surface area contributed by atoms with Crippen molar-refractivity contribution in [1.82, 2.24) is 4.98 Å². The molecule has 1 heterocycles. The van der Waals surface area contributed by atoms with E-state index in [1.807, 2.05) is 19.2 Å². The summed E-state index contributed by atoms with van der Waals surface area (Å²) in [5, 5.41) is 3.29. The lowest BCUT2D eigenvalue weighted by molar-refractivity contribution is 0.685. The van der Waals surface area contributed by atoms with E-state index in [-0.39, 0.29) is 0 Å². The van der Waals surface area contributed by atoms with Crippen LogP contribution in [0.15, 0.2) is 18.5 Å². The Morgan fingerprint density at radius 3 is 3.00 bits per heavy atom. The van der Waals surface area contributed by atoms with Gasteiger partial charge in [0.15, 0.2) is 0 Å². The number of nitrogens with zero attached hydrogens (tertiary/aromatic N) is 1. The fourth-order valence-electron chi connectivity index (χ4n) is 1.17. The van der Waals surface area contributed by atoms with Crippen molar-refractivity contribution in [1.29, 1.82) is 0 Å². The Morgan fingerprint density at radius 2 is 2.36 bits per heavy atom. The van der Waals surface area contributed by atoms with Gasteiger partial charge in [0.05, 0.1) is 0 Å². The second kappa shape index (κ2) is 5.75. The Bertz CT molecular complexity index is 315. The topological polar surface area (TPSA) is 42.0 Å². The van der Waals surface area contributed by atoms with E-state index < -0.39 is 10.8 Å². The summed E-state index contributed by atoms with van der Waals surface area (Å²) in [7, 11) is -0.681. The van der Waals surface area contributed by atoms with Crippen molar-refractivity contribution in [3.8, 4) is 0 Å². The third-order valence-electron chi connectivity index (χ3n) is 1.94. The molecule has 0 spiro atoms. The van der Waals surface area contributed by atoms with Crippen molar-refractivity contribution >= 4 is 16.5 Å². The zero-order valence-corrected chi connectivity index (χ0v) is 9.43. The van der Waals surface area contributed by atoms with Gasteiger partial charge in [-0.15, -0.1) is 0 Å². The van der Waals surface area contributed by atoms with E-state index in [0.717, 1.165) is 30.0 Å². The maximum absolute atomic E-state index is 10.8. The highest BCUT2D eigenvalue weighted by molar-refractivity contribution is 7.84. The number of aromatic nitrogens is 1. The molecule has 0 aliphatic heterocycles. The minimum absolute atomic E-state index is 0.681. The molecular weight excluding hydrogens is 196 g/mol. The van der Waals surface area contributed by atoms with E-state index in [1.165, 1.54) is 0 Å². The molecule has 3 nitrogen and oxygen atoms in total. The van der Waals surface area contributed by atoms with Crippen molar-refractivity contribution in [2.24, 2.45) is 0 Å². The second-order valence-electron chi connectivity index (χ2n) is 3.25. The van der Waals surface area contributed by atoms with E-state index in [0.29, 0.717) is 0 Å². The maximum Gasteiger partial charge on any atom is 0.0400 e. The molecule has 1 rings (SSSR count). The molecule has 1 atom stereocenters. The predicted molar refractivity (Wildman–Crippen MR) is 61.0 cm³/mol. The third-order valence-corrected chi connectivity index (χ3v) is 2.81. The molecule has 4 heteroatoms. The van der Waals surface area contributed by atoms with Crippen molar-refractivity contribution < 1.29 is 4.21 Å². The zero-order chi connectivity index (χ0) is 10.4. The Morgan fingerprint density at radius 1 is 1.57 bits per heavy atom. The smallest absolute Gasteiger partial charge is 0.0400 e. The average molecular weight is 212 g/mol. The van der Waals surface area contributed by atoms with Crippen molar-refractivity contribution in [3.63, 3.8) is 0 Å². The summed E-state index contributed by atoms with van der Waals surface area (Å²) < 4.78 is 10.8. The number of rotatable bonds is 5.